The molecule has 5 nitrogen and oxygen atoms in total. The third-order valence-electron chi connectivity index (χ3n) is 3.18. The Bertz CT molecular complexity index is 652. The quantitative estimate of drug-likeness (QED) is 0.715. The average Bonchev–Trinajstić information content (AvgIpc) is 2.88. The first-order valence-corrected chi connectivity index (χ1v) is 5.65. The number of carbonyl (C=O) groups is 1. The van der Waals surface area contributed by atoms with Gasteiger partial charge in [-0.05, 0) is 18.6 Å². The van der Waals surface area contributed by atoms with Crippen molar-refractivity contribution in [1.29, 1.82) is 0 Å². The van der Waals surface area contributed by atoms with E-state index in [1.165, 1.54) is 7.11 Å². The number of hydrogen-bond acceptors (Lipinski definition) is 5. The molecule has 2 aromatic heterocycles. The van der Waals surface area contributed by atoms with Crippen LogP contribution in [0.25, 0.3) is 10.9 Å². The molecule has 92 valence electrons. The maximum absolute atomic E-state index is 11.5. The van der Waals surface area contributed by atoms with Gasteiger partial charge in [0.25, 0.3) is 0 Å². The molecule has 0 radical (unpaired) electrons. The van der Waals surface area contributed by atoms with E-state index >= 15 is 0 Å². The van der Waals surface area contributed by atoms with Crippen molar-refractivity contribution in [2.24, 2.45) is 0 Å². The van der Waals surface area contributed by atoms with E-state index in [4.69, 9.17) is 4.74 Å². The molecule has 1 aliphatic rings. The zero-order valence-corrected chi connectivity index (χ0v) is 10.2. The molecule has 0 amide bonds. The minimum atomic E-state index is -0.440. The molecular weight excluding hydrogens is 232 g/mol. The van der Waals surface area contributed by atoms with Gasteiger partial charge >= 0.3 is 5.97 Å². The minimum Gasteiger partial charge on any atom is -0.464 e. The zero-order chi connectivity index (χ0) is 12.7. The third-order valence-corrected chi connectivity index (χ3v) is 3.18. The van der Waals surface area contributed by atoms with Crippen molar-refractivity contribution in [2.75, 3.05) is 7.11 Å². The number of aryl methyl sites for hydroxylation is 1. The topological polar surface area (TPSA) is 61.3 Å². The fourth-order valence-electron chi connectivity index (χ4n) is 2.24. The highest BCUT2D eigenvalue weighted by molar-refractivity contribution is 5.93. The zero-order valence-electron chi connectivity index (χ0n) is 10.2. The van der Waals surface area contributed by atoms with E-state index in [1.807, 2.05) is 6.92 Å². The van der Waals surface area contributed by atoms with Crippen molar-refractivity contribution in [3.8, 4) is 0 Å². The van der Waals surface area contributed by atoms with Crippen molar-refractivity contribution < 1.29 is 14.3 Å². The largest absolute Gasteiger partial charge is 0.464 e. The highest BCUT2D eigenvalue weighted by Crippen LogP contribution is 2.29. The summed E-state index contributed by atoms with van der Waals surface area (Å²) in [6, 6.07) is 1.72. The highest BCUT2D eigenvalue weighted by atomic mass is 16.5. The molecule has 3 heterocycles. The SMILES string of the molecule is COC(=O)c1cc2c3c(c(C)nc2cn1)COC3. The molecule has 2 aromatic rings. The number of rotatable bonds is 1. The standard InChI is InChI=1S/C13H12N2O3/c1-7-9-5-18-6-10(9)8-3-11(13(16)17-2)14-4-12(8)15-7/h3-4H,5-6H2,1-2H3. The molecule has 0 N–H and O–H groups in total. The smallest absolute Gasteiger partial charge is 0.356 e. The number of carbonyl (C=O) groups excluding carboxylic acids is 1. The van der Waals surface area contributed by atoms with Crippen molar-refractivity contribution >= 4 is 16.9 Å². The van der Waals surface area contributed by atoms with Gasteiger partial charge in [-0.1, -0.05) is 0 Å². The lowest BCUT2D eigenvalue weighted by molar-refractivity contribution is 0.0594. The second-order valence-corrected chi connectivity index (χ2v) is 4.23. The molecule has 0 saturated carbocycles. The molecule has 0 aliphatic carbocycles. The van der Waals surface area contributed by atoms with Crippen LogP contribution >= 0.6 is 0 Å². The second kappa shape index (κ2) is 4.03. The summed E-state index contributed by atoms with van der Waals surface area (Å²) >= 11 is 0. The van der Waals surface area contributed by atoms with E-state index < -0.39 is 5.97 Å². The predicted molar refractivity (Wildman–Crippen MR) is 64.1 cm³/mol. The van der Waals surface area contributed by atoms with E-state index in [9.17, 15) is 4.79 Å². The molecule has 5 heteroatoms. The van der Waals surface area contributed by atoms with Gasteiger partial charge in [-0.3, -0.25) is 4.98 Å². The summed E-state index contributed by atoms with van der Waals surface area (Å²) < 4.78 is 10.1. The first-order valence-electron chi connectivity index (χ1n) is 5.65. The minimum absolute atomic E-state index is 0.296. The van der Waals surface area contributed by atoms with E-state index in [0.29, 0.717) is 18.9 Å². The lowest BCUT2D eigenvalue weighted by Crippen LogP contribution is -2.05. The van der Waals surface area contributed by atoms with Crippen LogP contribution in [0, 0.1) is 6.92 Å². The van der Waals surface area contributed by atoms with E-state index in [2.05, 4.69) is 14.7 Å². The first-order chi connectivity index (χ1) is 8.70. The fraction of sp³-hybridized carbons (Fsp3) is 0.308. The number of ether oxygens (including phenoxy) is 2. The number of hydrogen-bond donors (Lipinski definition) is 0. The van der Waals surface area contributed by atoms with Gasteiger partial charge in [-0.2, -0.15) is 0 Å². The van der Waals surface area contributed by atoms with Gasteiger partial charge < -0.3 is 9.47 Å². The summed E-state index contributed by atoms with van der Waals surface area (Å²) in [6.45, 7) is 3.10. The molecule has 18 heavy (non-hydrogen) atoms. The van der Waals surface area contributed by atoms with Gasteiger partial charge in [0.05, 0.1) is 32.0 Å². The van der Waals surface area contributed by atoms with Crippen LogP contribution in [-0.4, -0.2) is 23.0 Å². The molecule has 0 bridgehead atoms. The van der Waals surface area contributed by atoms with Gasteiger partial charge in [-0.15, -0.1) is 0 Å². The Balaban J connectivity index is 2.27. The summed E-state index contributed by atoms with van der Waals surface area (Å²) in [5.74, 6) is -0.440. The normalized spacial score (nSPS) is 13.7. The van der Waals surface area contributed by atoms with Crippen LogP contribution in [0.4, 0.5) is 0 Å². The molecule has 0 atom stereocenters. The molecule has 0 saturated heterocycles. The molecular formula is C13H12N2O3. The van der Waals surface area contributed by atoms with Crippen LogP contribution in [0.15, 0.2) is 12.3 Å². The molecule has 0 aromatic carbocycles. The summed E-state index contributed by atoms with van der Waals surface area (Å²) in [6.07, 6.45) is 1.60. The van der Waals surface area contributed by atoms with Crippen LogP contribution < -0.4 is 0 Å². The number of nitrogens with zero attached hydrogens (tertiary/aromatic N) is 2. The van der Waals surface area contributed by atoms with Crippen LogP contribution in [0.2, 0.25) is 0 Å². The van der Waals surface area contributed by atoms with Crippen molar-refractivity contribution in [3.63, 3.8) is 0 Å². The molecule has 0 unspecified atom stereocenters. The molecule has 0 fully saturated rings. The predicted octanol–water partition coefficient (Wildman–Crippen LogP) is 1.76. The highest BCUT2D eigenvalue weighted by Gasteiger charge is 2.19. The molecule has 1 aliphatic heterocycles. The van der Waals surface area contributed by atoms with Crippen LogP contribution in [-0.2, 0) is 22.7 Å². The van der Waals surface area contributed by atoms with Gasteiger partial charge in [0.15, 0.2) is 0 Å². The lowest BCUT2D eigenvalue weighted by Gasteiger charge is -2.07. The van der Waals surface area contributed by atoms with Crippen molar-refractivity contribution in [3.05, 3.63) is 34.8 Å². The van der Waals surface area contributed by atoms with Gasteiger partial charge in [0.2, 0.25) is 0 Å². The third kappa shape index (κ3) is 1.55. The Hall–Kier alpha value is -2.01. The van der Waals surface area contributed by atoms with Crippen molar-refractivity contribution in [1.82, 2.24) is 9.97 Å². The van der Waals surface area contributed by atoms with Crippen LogP contribution in [0.1, 0.15) is 27.3 Å². The maximum Gasteiger partial charge on any atom is 0.356 e. The molecule has 0 spiro atoms. The number of fused-ring (bicyclic) bond motifs is 3. The Morgan fingerprint density at radius 2 is 2.17 bits per heavy atom. The monoisotopic (exact) mass is 244 g/mol. The van der Waals surface area contributed by atoms with Crippen LogP contribution in [0.3, 0.4) is 0 Å². The van der Waals surface area contributed by atoms with Crippen LogP contribution in [0.5, 0.6) is 0 Å². The Morgan fingerprint density at radius 3 is 2.94 bits per heavy atom. The van der Waals surface area contributed by atoms with Crippen molar-refractivity contribution in [2.45, 2.75) is 20.1 Å². The van der Waals surface area contributed by atoms with E-state index in [1.54, 1.807) is 12.3 Å². The first kappa shape index (κ1) is 11.1. The maximum atomic E-state index is 11.5. The average molecular weight is 244 g/mol. The fourth-order valence-corrected chi connectivity index (χ4v) is 2.24. The summed E-state index contributed by atoms with van der Waals surface area (Å²) in [7, 11) is 1.34. The number of methoxy groups -OCH3 is 1. The number of pyridine rings is 2. The summed E-state index contributed by atoms with van der Waals surface area (Å²) in [5, 5.41) is 0.920. The summed E-state index contributed by atoms with van der Waals surface area (Å²) in [4.78, 5) is 20.0. The van der Waals surface area contributed by atoms with E-state index in [-0.39, 0.29) is 0 Å². The number of aromatic nitrogens is 2. The van der Waals surface area contributed by atoms with Gasteiger partial charge in [0.1, 0.15) is 5.69 Å². The number of esters is 1. The lowest BCUT2D eigenvalue weighted by atomic mass is 10.0. The van der Waals surface area contributed by atoms with E-state index in [0.717, 1.165) is 27.7 Å². The molecule has 3 rings (SSSR count). The Kier molecular flexibility index (Phi) is 2.48. The Morgan fingerprint density at radius 1 is 1.39 bits per heavy atom. The van der Waals surface area contributed by atoms with Gasteiger partial charge in [-0.25, -0.2) is 9.78 Å². The van der Waals surface area contributed by atoms with Gasteiger partial charge in [0, 0.05) is 16.6 Å². The second-order valence-electron chi connectivity index (χ2n) is 4.23. The Labute approximate surface area is 104 Å². The summed E-state index contributed by atoms with van der Waals surface area (Å²) in [5.41, 5.74) is 4.26.